The average molecular weight is 191 g/mol. The van der Waals surface area contributed by atoms with Crippen LogP contribution in [0.5, 0.6) is 5.75 Å². The molecule has 1 fully saturated rings. The van der Waals surface area contributed by atoms with E-state index in [0.717, 1.165) is 5.75 Å². The molecular weight excluding hydrogens is 174 g/mol. The normalized spacial score (nSPS) is 17.9. The van der Waals surface area contributed by atoms with Crippen LogP contribution in [-0.4, -0.2) is 14.2 Å². The molecule has 0 bridgehead atoms. The highest BCUT2D eigenvalue weighted by atomic mass is 16.5. The molecule has 0 aromatic heterocycles. The average Bonchev–Trinajstić information content (AvgIpc) is 2.99. The van der Waals surface area contributed by atoms with Crippen molar-refractivity contribution in [2.45, 2.75) is 25.3 Å². The van der Waals surface area contributed by atoms with Crippen molar-refractivity contribution < 1.29 is 4.74 Å². The van der Waals surface area contributed by atoms with Crippen molar-refractivity contribution in [3.63, 3.8) is 0 Å². The zero-order valence-corrected chi connectivity index (χ0v) is 9.05. The number of methoxy groups -OCH3 is 1. The topological polar surface area (TPSA) is 21.3 Å². The molecule has 76 valence electrons. The van der Waals surface area contributed by atoms with Crippen LogP contribution in [0.25, 0.3) is 0 Å². The molecule has 2 heteroatoms. The van der Waals surface area contributed by atoms with Gasteiger partial charge in [0.15, 0.2) is 0 Å². The van der Waals surface area contributed by atoms with Crippen LogP contribution in [0.4, 0.5) is 0 Å². The van der Waals surface area contributed by atoms with Crippen LogP contribution < -0.4 is 10.1 Å². The Hall–Kier alpha value is -1.02. The van der Waals surface area contributed by atoms with Crippen LogP contribution in [0.15, 0.2) is 18.2 Å². The highest BCUT2D eigenvalue weighted by molar-refractivity contribution is 5.45. The minimum absolute atomic E-state index is 0.235. The van der Waals surface area contributed by atoms with Gasteiger partial charge in [0.25, 0.3) is 0 Å². The maximum atomic E-state index is 5.33. The zero-order chi connectivity index (χ0) is 10.2. The van der Waals surface area contributed by atoms with E-state index in [-0.39, 0.29) is 5.54 Å². The molecule has 1 aliphatic carbocycles. The lowest BCUT2D eigenvalue weighted by atomic mass is 9.98. The Labute approximate surface area is 85.3 Å². The summed E-state index contributed by atoms with van der Waals surface area (Å²) in [6.07, 6.45) is 2.47. The van der Waals surface area contributed by atoms with Gasteiger partial charge in [-0.25, -0.2) is 0 Å². The maximum absolute atomic E-state index is 5.33. The van der Waals surface area contributed by atoms with E-state index >= 15 is 0 Å². The summed E-state index contributed by atoms with van der Waals surface area (Å²) in [6, 6.07) is 6.28. The fourth-order valence-electron chi connectivity index (χ4n) is 2.13. The van der Waals surface area contributed by atoms with Crippen LogP contribution in [-0.2, 0) is 5.54 Å². The lowest BCUT2D eigenvalue weighted by Crippen LogP contribution is -2.25. The van der Waals surface area contributed by atoms with Crippen molar-refractivity contribution in [2.75, 3.05) is 14.2 Å². The number of rotatable bonds is 3. The summed E-state index contributed by atoms with van der Waals surface area (Å²) in [4.78, 5) is 0. The van der Waals surface area contributed by atoms with Gasteiger partial charge >= 0.3 is 0 Å². The first-order valence-corrected chi connectivity index (χ1v) is 5.06. The molecule has 2 rings (SSSR count). The largest absolute Gasteiger partial charge is 0.496 e. The van der Waals surface area contributed by atoms with E-state index in [9.17, 15) is 0 Å². The molecule has 0 amide bonds. The SMILES string of the molecule is CNC1(c2cccc(OC)c2C)CC1. The third-order valence-electron chi connectivity index (χ3n) is 3.25. The van der Waals surface area contributed by atoms with E-state index in [0.29, 0.717) is 0 Å². The number of hydrogen-bond acceptors (Lipinski definition) is 2. The molecule has 0 spiro atoms. The number of ether oxygens (including phenoxy) is 1. The standard InChI is InChI=1S/C12H17NO/c1-9-10(12(13-2)7-8-12)5-4-6-11(9)14-3/h4-6,13H,7-8H2,1-3H3. The molecule has 0 unspecified atom stereocenters. The highest BCUT2D eigenvalue weighted by Gasteiger charge is 2.43. The smallest absolute Gasteiger partial charge is 0.122 e. The Balaban J connectivity index is 2.43. The lowest BCUT2D eigenvalue weighted by molar-refractivity contribution is 0.409. The van der Waals surface area contributed by atoms with Crippen LogP contribution in [0.2, 0.25) is 0 Å². The molecule has 1 N–H and O–H groups in total. The molecule has 0 aliphatic heterocycles. The van der Waals surface area contributed by atoms with Gasteiger partial charge in [0.05, 0.1) is 7.11 Å². The van der Waals surface area contributed by atoms with Gasteiger partial charge in [0.1, 0.15) is 5.75 Å². The molecule has 2 nitrogen and oxygen atoms in total. The van der Waals surface area contributed by atoms with Gasteiger partial charge in [-0.2, -0.15) is 0 Å². The van der Waals surface area contributed by atoms with Gasteiger partial charge < -0.3 is 10.1 Å². The third kappa shape index (κ3) is 1.30. The quantitative estimate of drug-likeness (QED) is 0.791. The fraction of sp³-hybridized carbons (Fsp3) is 0.500. The molecule has 1 aromatic carbocycles. The molecule has 0 saturated heterocycles. The van der Waals surface area contributed by atoms with Crippen molar-refractivity contribution in [3.05, 3.63) is 29.3 Å². The monoisotopic (exact) mass is 191 g/mol. The Morgan fingerprint density at radius 3 is 2.57 bits per heavy atom. The van der Waals surface area contributed by atoms with Gasteiger partial charge in [-0.05, 0) is 44.0 Å². The molecule has 1 saturated carbocycles. The van der Waals surface area contributed by atoms with Crippen molar-refractivity contribution >= 4 is 0 Å². The second-order valence-corrected chi connectivity index (χ2v) is 3.96. The Kier molecular flexibility index (Phi) is 2.23. The molecule has 14 heavy (non-hydrogen) atoms. The lowest BCUT2D eigenvalue weighted by Gasteiger charge is -2.18. The summed E-state index contributed by atoms with van der Waals surface area (Å²) in [6.45, 7) is 2.13. The summed E-state index contributed by atoms with van der Waals surface area (Å²) >= 11 is 0. The van der Waals surface area contributed by atoms with Crippen molar-refractivity contribution in [2.24, 2.45) is 0 Å². The van der Waals surface area contributed by atoms with E-state index in [1.807, 2.05) is 13.1 Å². The second kappa shape index (κ2) is 3.28. The van der Waals surface area contributed by atoms with Crippen LogP contribution in [0.3, 0.4) is 0 Å². The van der Waals surface area contributed by atoms with Gasteiger partial charge in [-0.3, -0.25) is 0 Å². The van der Waals surface area contributed by atoms with Gasteiger partial charge in [-0.15, -0.1) is 0 Å². The molecule has 0 atom stereocenters. The predicted molar refractivity (Wildman–Crippen MR) is 57.7 cm³/mol. The molecule has 1 aromatic rings. The first kappa shape index (κ1) is 9.53. The van der Waals surface area contributed by atoms with Crippen LogP contribution in [0.1, 0.15) is 24.0 Å². The second-order valence-electron chi connectivity index (χ2n) is 3.96. The van der Waals surface area contributed by atoms with Crippen molar-refractivity contribution in [1.29, 1.82) is 0 Å². The zero-order valence-electron chi connectivity index (χ0n) is 9.05. The van der Waals surface area contributed by atoms with E-state index < -0.39 is 0 Å². The minimum atomic E-state index is 0.235. The fourth-order valence-corrected chi connectivity index (χ4v) is 2.13. The summed E-state index contributed by atoms with van der Waals surface area (Å²) < 4.78 is 5.33. The van der Waals surface area contributed by atoms with E-state index in [1.54, 1.807) is 7.11 Å². The van der Waals surface area contributed by atoms with E-state index in [4.69, 9.17) is 4.74 Å². The van der Waals surface area contributed by atoms with Gasteiger partial charge in [-0.1, -0.05) is 12.1 Å². The minimum Gasteiger partial charge on any atom is -0.496 e. The first-order chi connectivity index (χ1) is 6.73. The highest BCUT2D eigenvalue weighted by Crippen LogP contribution is 2.47. The molecule has 0 radical (unpaired) electrons. The number of benzene rings is 1. The van der Waals surface area contributed by atoms with Gasteiger partial charge in [0, 0.05) is 5.54 Å². The molecule has 1 aliphatic rings. The summed E-state index contributed by atoms with van der Waals surface area (Å²) in [5.41, 5.74) is 2.89. The first-order valence-electron chi connectivity index (χ1n) is 5.06. The summed E-state index contributed by atoms with van der Waals surface area (Å²) in [5, 5.41) is 3.41. The summed E-state index contributed by atoms with van der Waals surface area (Å²) in [5.74, 6) is 0.990. The van der Waals surface area contributed by atoms with Crippen LogP contribution >= 0.6 is 0 Å². The Bertz CT molecular complexity index is 342. The Morgan fingerprint density at radius 2 is 2.07 bits per heavy atom. The van der Waals surface area contributed by atoms with E-state index in [2.05, 4.69) is 24.4 Å². The molecule has 0 heterocycles. The predicted octanol–water partition coefficient (Wildman–Crippen LogP) is 2.21. The van der Waals surface area contributed by atoms with Crippen LogP contribution in [0, 0.1) is 6.92 Å². The Morgan fingerprint density at radius 1 is 1.36 bits per heavy atom. The van der Waals surface area contributed by atoms with Crippen molar-refractivity contribution in [3.8, 4) is 5.75 Å². The van der Waals surface area contributed by atoms with E-state index in [1.165, 1.54) is 24.0 Å². The van der Waals surface area contributed by atoms with Crippen molar-refractivity contribution in [1.82, 2.24) is 5.32 Å². The molecular formula is C12H17NO. The third-order valence-corrected chi connectivity index (χ3v) is 3.25. The summed E-state index contributed by atoms with van der Waals surface area (Å²) in [7, 11) is 3.76. The maximum Gasteiger partial charge on any atom is 0.122 e. The van der Waals surface area contributed by atoms with Gasteiger partial charge in [0.2, 0.25) is 0 Å². The number of hydrogen-bond donors (Lipinski definition) is 1. The number of nitrogens with one attached hydrogen (secondary N) is 1.